The normalized spacial score (nSPS) is 10.4. The number of hydrogen-bond donors (Lipinski definition) is 0. The molecule has 0 fully saturated rings. The molecule has 2 aromatic carbocycles. The van der Waals surface area contributed by atoms with Crippen molar-refractivity contribution in [3.05, 3.63) is 67.7 Å². The van der Waals surface area contributed by atoms with E-state index in [2.05, 4.69) is 0 Å². The van der Waals surface area contributed by atoms with E-state index < -0.39 is 4.92 Å². The van der Waals surface area contributed by atoms with Crippen molar-refractivity contribution in [3.8, 4) is 5.75 Å². The van der Waals surface area contributed by atoms with Crippen LogP contribution in [0, 0.1) is 10.1 Å². The second-order valence-corrected chi connectivity index (χ2v) is 5.34. The standard InChI is InChI=1S/C14H10Cl3NO3/c15-7-9-5-12(17)2-4-14(9)21-8-10-6-11(16)1-3-13(10)18(19)20/h1-6H,7-8H2. The molecular weight excluding hydrogens is 337 g/mol. The van der Waals surface area contributed by atoms with Gasteiger partial charge in [-0.3, -0.25) is 10.1 Å². The van der Waals surface area contributed by atoms with Gasteiger partial charge in [0.2, 0.25) is 0 Å². The molecule has 0 radical (unpaired) electrons. The van der Waals surface area contributed by atoms with Crippen molar-refractivity contribution in [3.63, 3.8) is 0 Å². The number of hydrogen-bond acceptors (Lipinski definition) is 3. The Balaban J connectivity index is 2.24. The summed E-state index contributed by atoms with van der Waals surface area (Å²) in [6.07, 6.45) is 0. The maximum atomic E-state index is 11.0. The van der Waals surface area contributed by atoms with Crippen LogP contribution >= 0.6 is 34.8 Å². The first-order chi connectivity index (χ1) is 10.0. The summed E-state index contributed by atoms with van der Waals surface area (Å²) < 4.78 is 5.61. The maximum Gasteiger partial charge on any atom is 0.276 e. The lowest BCUT2D eigenvalue weighted by Gasteiger charge is -2.11. The van der Waals surface area contributed by atoms with Crippen LogP contribution in [0.2, 0.25) is 10.0 Å². The fourth-order valence-corrected chi connectivity index (χ4v) is 2.39. The highest BCUT2D eigenvalue weighted by atomic mass is 35.5. The molecule has 0 heterocycles. The molecule has 110 valence electrons. The van der Waals surface area contributed by atoms with Crippen molar-refractivity contribution in [2.75, 3.05) is 0 Å². The Hall–Kier alpha value is -1.49. The number of halogens is 3. The van der Waals surface area contributed by atoms with E-state index in [4.69, 9.17) is 39.5 Å². The Morgan fingerprint density at radius 2 is 1.67 bits per heavy atom. The largest absolute Gasteiger partial charge is 0.488 e. The molecule has 0 unspecified atom stereocenters. The number of benzene rings is 2. The van der Waals surface area contributed by atoms with Crippen LogP contribution in [0.3, 0.4) is 0 Å². The summed E-state index contributed by atoms with van der Waals surface area (Å²) in [5.41, 5.74) is 1.07. The van der Waals surface area contributed by atoms with Crippen LogP contribution in [-0.2, 0) is 12.5 Å². The molecule has 2 rings (SSSR count). The molecule has 0 aliphatic heterocycles. The highest BCUT2D eigenvalue weighted by Gasteiger charge is 2.15. The lowest BCUT2D eigenvalue weighted by atomic mass is 10.2. The summed E-state index contributed by atoms with van der Waals surface area (Å²) in [6.45, 7) is 0.0163. The van der Waals surface area contributed by atoms with Gasteiger partial charge in [-0.25, -0.2) is 0 Å². The molecule has 0 bridgehead atoms. The summed E-state index contributed by atoms with van der Waals surface area (Å²) in [7, 11) is 0. The van der Waals surface area contributed by atoms with Gasteiger partial charge in [0.25, 0.3) is 5.69 Å². The van der Waals surface area contributed by atoms with Crippen molar-refractivity contribution in [1.82, 2.24) is 0 Å². The van der Waals surface area contributed by atoms with Crippen LogP contribution < -0.4 is 4.74 Å². The van der Waals surface area contributed by atoms with Crippen molar-refractivity contribution in [2.45, 2.75) is 12.5 Å². The van der Waals surface area contributed by atoms with Crippen LogP contribution in [0.5, 0.6) is 5.75 Å². The number of nitro benzene ring substituents is 1. The zero-order chi connectivity index (χ0) is 15.4. The summed E-state index contributed by atoms with van der Waals surface area (Å²) in [5, 5.41) is 11.9. The lowest BCUT2D eigenvalue weighted by molar-refractivity contribution is -0.385. The third kappa shape index (κ3) is 4.00. The van der Waals surface area contributed by atoms with Crippen LogP contribution in [0.15, 0.2) is 36.4 Å². The van der Waals surface area contributed by atoms with Crippen LogP contribution in [0.1, 0.15) is 11.1 Å². The van der Waals surface area contributed by atoms with Crippen molar-refractivity contribution >= 4 is 40.5 Å². The zero-order valence-electron chi connectivity index (χ0n) is 10.7. The summed E-state index contributed by atoms with van der Waals surface area (Å²) in [4.78, 5) is 10.5. The topological polar surface area (TPSA) is 52.4 Å². The van der Waals surface area contributed by atoms with E-state index in [9.17, 15) is 10.1 Å². The highest BCUT2D eigenvalue weighted by molar-refractivity contribution is 6.31. The molecule has 0 atom stereocenters. The molecule has 0 saturated carbocycles. The van der Waals surface area contributed by atoms with E-state index in [1.807, 2.05) is 0 Å². The lowest BCUT2D eigenvalue weighted by Crippen LogP contribution is -2.02. The number of alkyl halides is 1. The highest BCUT2D eigenvalue weighted by Crippen LogP contribution is 2.28. The monoisotopic (exact) mass is 345 g/mol. The molecule has 2 aromatic rings. The molecule has 0 saturated heterocycles. The van der Waals surface area contributed by atoms with Gasteiger partial charge in [-0.1, -0.05) is 23.2 Å². The molecule has 0 aliphatic carbocycles. The molecular formula is C14H10Cl3NO3. The van der Waals surface area contributed by atoms with Gasteiger partial charge in [0, 0.05) is 21.7 Å². The Labute approximate surface area is 136 Å². The molecule has 0 N–H and O–H groups in total. The molecule has 0 aliphatic rings. The first-order valence-electron chi connectivity index (χ1n) is 5.91. The minimum atomic E-state index is -0.473. The smallest absolute Gasteiger partial charge is 0.276 e. The average molecular weight is 347 g/mol. The second-order valence-electron chi connectivity index (χ2n) is 4.20. The first kappa shape index (κ1) is 15.9. The molecule has 4 nitrogen and oxygen atoms in total. The number of nitrogens with zero attached hydrogens (tertiary/aromatic N) is 1. The third-order valence-electron chi connectivity index (χ3n) is 2.79. The first-order valence-corrected chi connectivity index (χ1v) is 7.20. The minimum absolute atomic E-state index is 0.0163. The molecule has 0 spiro atoms. The molecule has 21 heavy (non-hydrogen) atoms. The number of ether oxygens (including phenoxy) is 1. The van der Waals surface area contributed by atoms with Crippen LogP contribution in [0.25, 0.3) is 0 Å². The van der Waals surface area contributed by atoms with Gasteiger partial charge in [-0.05, 0) is 30.3 Å². The van der Waals surface area contributed by atoms with E-state index in [0.29, 0.717) is 26.9 Å². The Bertz CT molecular complexity index is 677. The van der Waals surface area contributed by atoms with E-state index in [1.165, 1.54) is 18.2 Å². The van der Waals surface area contributed by atoms with Gasteiger partial charge >= 0.3 is 0 Å². The number of rotatable bonds is 5. The van der Waals surface area contributed by atoms with E-state index in [0.717, 1.165) is 0 Å². The van der Waals surface area contributed by atoms with Crippen LogP contribution in [-0.4, -0.2) is 4.92 Å². The number of nitro groups is 1. The second kappa shape index (κ2) is 6.98. The Kier molecular flexibility index (Phi) is 5.28. The SMILES string of the molecule is O=[N+]([O-])c1ccc(Cl)cc1COc1ccc(Cl)cc1CCl. The average Bonchev–Trinajstić information content (AvgIpc) is 2.45. The van der Waals surface area contributed by atoms with E-state index in [1.54, 1.807) is 18.2 Å². The van der Waals surface area contributed by atoms with Crippen molar-refractivity contribution < 1.29 is 9.66 Å². The maximum absolute atomic E-state index is 11.0. The fraction of sp³-hybridized carbons (Fsp3) is 0.143. The predicted molar refractivity (Wildman–Crippen MR) is 83.4 cm³/mol. The Morgan fingerprint density at radius 1 is 1.05 bits per heavy atom. The van der Waals surface area contributed by atoms with Crippen molar-refractivity contribution in [1.29, 1.82) is 0 Å². The summed E-state index contributed by atoms with van der Waals surface area (Å²) >= 11 is 17.6. The summed E-state index contributed by atoms with van der Waals surface area (Å²) in [5.74, 6) is 0.761. The van der Waals surface area contributed by atoms with Gasteiger partial charge < -0.3 is 4.74 Å². The van der Waals surface area contributed by atoms with Gasteiger partial charge in [-0.15, -0.1) is 11.6 Å². The van der Waals surface area contributed by atoms with Gasteiger partial charge in [0.15, 0.2) is 0 Å². The van der Waals surface area contributed by atoms with E-state index >= 15 is 0 Å². The minimum Gasteiger partial charge on any atom is -0.488 e. The van der Waals surface area contributed by atoms with Gasteiger partial charge in [0.05, 0.1) is 16.4 Å². The zero-order valence-corrected chi connectivity index (χ0v) is 13.0. The Morgan fingerprint density at radius 3 is 2.29 bits per heavy atom. The van der Waals surface area contributed by atoms with E-state index in [-0.39, 0.29) is 18.2 Å². The predicted octanol–water partition coefficient (Wildman–Crippen LogP) is 5.22. The quantitative estimate of drug-likeness (QED) is 0.424. The van der Waals surface area contributed by atoms with Gasteiger partial charge in [-0.2, -0.15) is 0 Å². The van der Waals surface area contributed by atoms with Gasteiger partial charge in [0.1, 0.15) is 12.4 Å². The third-order valence-corrected chi connectivity index (χ3v) is 3.55. The summed E-state index contributed by atoms with van der Waals surface area (Å²) in [6, 6.07) is 9.36. The van der Waals surface area contributed by atoms with Crippen LogP contribution in [0.4, 0.5) is 5.69 Å². The van der Waals surface area contributed by atoms with Crippen molar-refractivity contribution in [2.24, 2.45) is 0 Å². The molecule has 7 heteroatoms. The fourth-order valence-electron chi connectivity index (χ4n) is 1.80. The molecule has 0 aromatic heterocycles. The molecule has 0 amide bonds.